The summed E-state index contributed by atoms with van der Waals surface area (Å²) < 4.78 is 5.90. The van der Waals surface area contributed by atoms with Gasteiger partial charge in [-0.1, -0.05) is 30.3 Å². The lowest BCUT2D eigenvalue weighted by atomic mass is 9.94. The van der Waals surface area contributed by atoms with Crippen molar-refractivity contribution in [1.29, 1.82) is 15.8 Å². The van der Waals surface area contributed by atoms with E-state index in [1.807, 2.05) is 38.1 Å². The van der Waals surface area contributed by atoms with Crippen LogP contribution in [-0.2, 0) is 4.74 Å². The standard InChI is InChI=1S/C38H39N5OS/c1-7-42(8-2)30-15-11-27(12-16-30)34(28-13-17-31(18-14-28)43(9-3)10-4)23-33-20-19-32(45-33)21-22-36-35(26-41)37(29(24-39)25-40)44-38(36,5)6/h11-23H,7-10H2,1-6H3/b22-21+. The normalized spacial score (nSPS) is 13.5. The van der Waals surface area contributed by atoms with Gasteiger partial charge in [0.2, 0.25) is 0 Å². The number of thiophene rings is 1. The van der Waals surface area contributed by atoms with Crippen LogP contribution >= 0.6 is 11.3 Å². The first-order chi connectivity index (χ1) is 21.7. The average molecular weight is 614 g/mol. The zero-order valence-corrected chi connectivity index (χ0v) is 27.7. The van der Waals surface area contributed by atoms with Crippen molar-refractivity contribution in [3.8, 4) is 18.2 Å². The molecule has 7 heteroatoms. The predicted octanol–water partition coefficient (Wildman–Crippen LogP) is 8.97. The zero-order valence-electron chi connectivity index (χ0n) is 26.9. The van der Waals surface area contributed by atoms with Crippen molar-refractivity contribution in [2.75, 3.05) is 36.0 Å². The van der Waals surface area contributed by atoms with Crippen LogP contribution in [-0.4, -0.2) is 31.8 Å². The minimum atomic E-state index is -0.850. The second-order valence-corrected chi connectivity index (χ2v) is 12.2. The van der Waals surface area contributed by atoms with Gasteiger partial charge in [-0.25, -0.2) is 0 Å². The molecule has 4 rings (SSSR count). The first-order valence-corrected chi connectivity index (χ1v) is 16.1. The van der Waals surface area contributed by atoms with Gasteiger partial charge in [-0.15, -0.1) is 11.3 Å². The molecule has 0 radical (unpaired) electrons. The van der Waals surface area contributed by atoms with E-state index < -0.39 is 5.60 Å². The van der Waals surface area contributed by atoms with Crippen LogP contribution in [0, 0.1) is 34.0 Å². The van der Waals surface area contributed by atoms with E-state index in [0.717, 1.165) is 52.6 Å². The van der Waals surface area contributed by atoms with Crippen molar-refractivity contribution in [3.63, 3.8) is 0 Å². The van der Waals surface area contributed by atoms with E-state index in [-0.39, 0.29) is 16.9 Å². The molecule has 0 aliphatic carbocycles. The summed E-state index contributed by atoms with van der Waals surface area (Å²) in [6, 6.07) is 27.6. The SMILES string of the molecule is CCN(CC)c1ccc(C(=Cc2ccc(/C=C/C3=C(C#N)C(=C(C#N)C#N)OC3(C)C)s2)c2ccc(N(CC)CC)cc2)cc1. The quantitative estimate of drug-likeness (QED) is 0.201. The van der Waals surface area contributed by atoms with E-state index in [9.17, 15) is 15.8 Å². The van der Waals surface area contributed by atoms with Crippen molar-refractivity contribution in [1.82, 2.24) is 0 Å². The van der Waals surface area contributed by atoms with Gasteiger partial charge < -0.3 is 14.5 Å². The fourth-order valence-corrected chi connectivity index (χ4v) is 6.40. The van der Waals surface area contributed by atoms with Crippen molar-refractivity contribution < 1.29 is 4.74 Å². The molecule has 0 bridgehead atoms. The van der Waals surface area contributed by atoms with Gasteiger partial charge in [-0.05, 0) is 107 Å². The monoisotopic (exact) mass is 613 g/mol. The highest BCUT2D eigenvalue weighted by Crippen LogP contribution is 2.40. The third-order valence-electron chi connectivity index (χ3n) is 8.03. The molecular weight excluding hydrogens is 575 g/mol. The molecule has 3 aromatic rings. The number of rotatable bonds is 11. The lowest BCUT2D eigenvalue weighted by Crippen LogP contribution is -2.21. The molecule has 45 heavy (non-hydrogen) atoms. The number of anilines is 2. The number of ether oxygens (including phenoxy) is 1. The molecule has 0 saturated carbocycles. The van der Waals surface area contributed by atoms with E-state index in [0.29, 0.717) is 5.57 Å². The molecule has 0 fully saturated rings. The molecule has 228 valence electrons. The molecule has 1 aliphatic rings. The molecule has 2 heterocycles. The Bertz CT molecular complexity index is 1690. The van der Waals surface area contributed by atoms with E-state index in [2.05, 4.69) is 110 Å². The van der Waals surface area contributed by atoms with Crippen molar-refractivity contribution in [3.05, 3.63) is 110 Å². The number of nitriles is 3. The molecule has 0 N–H and O–H groups in total. The fourth-order valence-electron chi connectivity index (χ4n) is 5.54. The summed E-state index contributed by atoms with van der Waals surface area (Å²) in [6.07, 6.45) is 6.05. The lowest BCUT2D eigenvalue weighted by molar-refractivity contribution is 0.0954. The van der Waals surface area contributed by atoms with E-state index in [4.69, 9.17) is 4.74 Å². The molecule has 0 saturated heterocycles. The van der Waals surface area contributed by atoms with Gasteiger partial charge in [0.15, 0.2) is 11.3 Å². The van der Waals surface area contributed by atoms with Crippen LogP contribution in [0.5, 0.6) is 0 Å². The van der Waals surface area contributed by atoms with Gasteiger partial charge >= 0.3 is 0 Å². The van der Waals surface area contributed by atoms with Crippen LogP contribution in [0.4, 0.5) is 11.4 Å². The summed E-state index contributed by atoms with van der Waals surface area (Å²) in [6.45, 7) is 16.2. The summed E-state index contributed by atoms with van der Waals surface area (Å²) in [5, 5.41) is 28.6. The van der Waals surface area contributed by atoms with Crippen molar-refractivity contribution in [2.45, 2.75) is 47.1 Å². The van der Waals surface area contributed by atoms with Crippen LogP contribution in [0.3, 0.4) is 0 Å². The maximum Gasteiger partial charge on any atom is 0.172 e. The Morgan fingerprint density at radius 1 is 0.733 bits per heavy atom. The third-order valence-corrected chi connectivity index (χ3v) is 9.02. The van der Waals surface area contributed by atoms with Crippen molar-refractivity contribution >= 4 is 40.4 Å². The van der Waals surface area contributed by atoms with Gasteiger partial charge in [0.1, 0.15) is 29.4 Å². The second-order valence-electron chi connectivity index (χ2n) is 11.0. The van der Waals surface area contributed by atoms with Gasteiger partial charge in [0.25, 0.3) is 0 Å². The van der Waals surface area contributed by atoms with Gasteiger partial charge in [-0.2, -0.15) is 15.8 Å². The highest BCUT2D eigenvalue weighted by Gasteiger charge is 2.38. The van der Waals surface area contributed by atoms with Crippen LogP contribution < -0.4 is 9.80 Å². The Hall–Kier alpha value is -5.03. The van der Waals surface area contributed by atoms with Crippen LogP contribution in [0.15, 0.2) is 89.2 Å². The van der Waals surface area contributed by atoms with Crippen LogP contribution in [0.2, 0.25) is 0 Å². The Balaban J connectivity index is 1.73. The first kappa shape index (κ1) is 32.9. The Kier molecular flexibility index (Phi) is 10.7. The summed E-state index contributed by atoms with van der Waals surface area (Å²) in [5.41, 5.74) is 5.65. The molecule has 0 atom stereocenters. The topological polar surface area (TPSA) is 87.1 Å². The third kappa shape index (κ3) is 7.21. The number of hydrogen-bond acceptors (Lipinski definition) is 7. The van der Waals surface area contributed by atoms with Gasteiger partial charge in [-0.3, -0.25) is 0 Å². The summed E-state index contributed by atoms with van der Waals surface area (Å²) >= 11 is 1.65. The molecular formula is C38H39N5OS. The Morgan fingerprint density at radius 2 is 1.22 bits per heavy atom. The molecule has 0 spiro atoms. The highest BCUT2D eigenvalue weighted by molar-refractivity contribution is 7.13. The summed E-state index contributed by atoms with van der Waals surface area (Å²) in [5.74, 6) is 0.0469. The number of hydrogen-bond donors (Lipinski definition) is 0. The number of nitrogens with zero attached hydrogens (tertiary/aromatic N) is 5. The fraction of sp³-hybridized carbons (Fsp3) is 0.289. The van der Waals surface area contributed by atoms with Crippen LogP contribution in [0.25, 0.3) is 17.7 Å². The second kappa shape index (κ2) is 14.6. The minimum Gasteiger partial charge on any atom is -0.480 e. The number of benzene rings is 2. The number of allylic oxidation sites excluding steroid dienone is 2. The predicted molar refractivity (Wildman–Crippen MR) is 186 cm³/mol. The molecule has 1 aromatic heterocycles. The average Bonchev–Trinajstić information content (AvgIpc) is 3.61. The molecule has 0 amide bonds. The molecule has 0 unspecified atom stereocenters. The Morgan fingerprint density at radius 3 is 1.67 bits per heavy atom. The van der Waals surface area contributed by atoms with Crippen molar-refractivity contribution in [2.24, 2.45) is 0 Å². The molecule has 1 aliphatic heterocycles. The van der Waals surface area contributed by atoms with Crippen LogP contribution in [0.1, 0.15) is 62.4 Å². The van der Waals surface area contributed by atoms with E-state index >= 15 is 0 Å². The van der Waals surface area contributed by atoms with E-state index in [1.54, 1.807) is 11.3 Å². The smallest absolute Gasteiger partial charge is 0.172 e. The first-order valence-electron chi connectivity index (χ1n) is 15.3. The lowest BCUT2D eigenvalue weighted by Gasteiger charge is -2.22. The maximum absolute atomic E-state index is 9.86. The van der Waals surface area contributed by atoms with E-state index in [1.165, 1.54) is 11.4 Å². The summed E-state index contributed by atoms with van der Waals surface area (Å²) in [4.78, 5) is 6.79. The highest BCUT2D eigenvalue weighted by atomic mass is 32.1. The van der Waals surface area contributed by atoms with Gasteiger partial charge in [0, 0.05) is 52.9 Å². The maximum atomic E-state index is 9.86. The molecule has 6 nitrogen and oxygen atoms in total. The Labute approximate surface area is 271 Å². The minimum absolute atomic E-state index is 0.0469. The summed E-state index contributed by atoms with van der Waals surface area (Å²) in [7, 11) is 0. The van der Waals surface area contributed by atoms with Gasteiger partial charge in [0.05, 0.1) is 0 Å². The zero-order chi connectivity index (χ0) is 32.6. The molecule has 2 aromatic carbocycles. The largest absolute Gasteiger partial charge is 0.480 e.